The Balaban J connectivity index is 0.000000303. The highest BCUT2D eigenvalue weighted by atomic mass is 14.2. The first-order valence-corrected chi connectivity index (χ1v) is 13.2. The van der Waals surface area contributed by atoms with E-state index >= 15 is 0 Å². The summed E-state index contributed by atoms with van der Waals surface area (Å²) in [5.74, 6) is 0. The molecule has 0 heteroatoms. The van der Waals surface area contributed by atoms with Crippen molar-refractivity contribution in [1.82, 2.24) is 0 Å². The minimum atomic E-state index is 1.05. The second kappa shape index (κ2) is 10.7. The van der Waals surface area contributed by atoms with Gasteiger partial charge in [0.15, 0.2) is 0 Å². The van der Waals surface area contributed by atoms with Crippen LogP contribution >= 0.6 is 0 Å². The van der Waals surface area contributed by atoms with E-state index in [0.29, 0.717) is 0 Å². The van der Waals surface area contributed by atoms with Crippen molar-refractivity contribution in [2.24, 2.45) is 0 Å². The van der Waals surface area contributed by atoms with E-state index in [1.54, 1.807) is 0 Å². The summed E-state index contributed by atoms with van der Waals surface area (Å²) in [7, 11) is 0. The first-order chi connectivity index (χ1) is 16.1. The zero-order chi connectivity index (χ0) is 27.1. The molecule has 0 aliphatic carbocycles. The maximum atomic E-state index is 2.29. The van der Waals surface area contributed by atoms with E-state index in [-0.39, 0.29) is 0 Å². The zero-order valence-corrected chi connectivity index (χ0v) is 25.7. The summed E-state index contributed by atoms with van der Waals surface area (Å²) in [5.41, 5.74) is 26.4. The maximum absolute atomic E-state index is 2.29. The molecule has 0 nitrogen and oxygen atoms in total. The standard InChI is InChI=1S/C23H32.C12H18/c1-12-14(3)18(7)22(19(8)15(12)4)11-23-20(9)16(5)13(2)17(6)21(23)10;1-7-8(2)10(4)12(6)11(5)9(7)3/h11H2,1-10H3;1-6H3. The van der Waals surface area contributed by atoms with Gasteiger partial charge in [-0.05, 0) is 217 Å². The Bertz CT molecular complexity index is 1060. The van der Waals surface area contributed by atoms with Crippen molar-refractivity contribution in [3.8, 4) is 0 Å². The molecule has 0 saturated carbocycles. The van der Waals surface area contributed by atoms with Gasteiger partial charge in [-0.3, -0.25) is 0 Å². The summed E-state index contributed by atoms with van der Waals surface area (Å²) in [6.07, 6.45) is 1.05. The smallest absolute Gasteiger partial charge is 0.00149 e. The highest BCUT2D eigenvalue weighted by molar-refractivity contribution is 5.55. The third-order valence-corrected chi connectivity index (χ3v) is 10.0. The highest BCUT2D eigenvalue weighted by Crippen LogP contribution is 2.32. The second-order valence-electron chi connectivity index (χ2n) is 11.1. The lowest BCUT2D eigenvalue weighted by molar-refractivity contribution is 1.02. The molecule has 0 aromatic heterocycles. The molecular formula is C35H50. The molecule has 0 heterocycles. The summed E-state index contributed by atoms with van der Waals surface area (Å²) >= 11 is 0. The molecule has 0 fully saturated rings. The molecule has 0 spiro atoms. The quantitative estimate of drug-likeness (QED) is 0.349. The minimum Gasteiger partial charge on any atom is -0.0447 e. The average Bonchev–Trinajstić information content (AvgIpc) is 2.84. The Labute approximate surface area is 217 Å². The molecule has 190 valence electrons. The summed E-state index contributed by atoms with van der Waals surface area (Å²) < 4.78 is 0. The van der Waals surface area contributed by atoms with Gasteiger partial charge in [-0.1, -0.05) is 0 Å². The molecule has 35 heavy (non-hydrogen) atoms. The van der Waals surface area contributed by atoms with Gasteiger partial charge in [-0.15, -0.1) is 0 Å². The van der Waals surface area contributed by atoms with Crippen LogP contribution in [0.5, 0.6) is 0 Å². The Morgan fingerprint density at radius 3 is 0.457 bits per heavy atom. The molecule has 0 unspecified atom stereocenters. The van der Waals surface area contributed by atoms with Crippen LogP contribution in [0.3, 0.4) is 0 Å². The maximum Gasteiger partial charge on any atom is -0.00149 e. The van der Waals surface area contributed by atoms with Crippen LogP contribution in [0.15, 0.2) is 0 Å². The molecule has 3 aromatic rings. The Morgan fingerprint density at radius 1 is 0.200 bits per heavy atom. The van der Waals surface area contributed by atoms with E-state index in [1.165, 1.54) is 100 Å². The van der Waals surface area contributed by atoms with E-state index < -0.39 is 0 Å². The number of hydrogen-bond acceptors (Lipinski definition) is 0. The van der Waals surface area contributed by atoms with Crippen molar-refractivity contribution >= 4 is 0 Å². The van der Waals surface area contributed by atoms with Crippen LogP contribution in [0.25, 0.3) is 0 Å². The van der Waals surface area contributed by atoms with Gasteiger partial charge >= 0.3 is 0 Å². The van der Waals surface area contributed by atoms with Crippen molar-refractivity contribution < 1.29 is 0 Å². The zero-order valence-electron chi connectivity index (χ0n) is 25.7. The fourth-order valence-electron chi connectivity index (χ4n) is 5.55. The molecule has 0 bridgehead atoms. The van der Waals surface area contributed by atoms with Crippen molar-refractivity contribution in [1.29, 1.82) is 0 Å². The van der Waals surface area contributed by atoms with Gasteiger partial charge in [0, 0.05) is 0 Å². The van der Waals surface area contributed by atoms with Gasteiger partial charge in [0.05, 0.1) is 0 Å². The van der Waals surface area contributed by atoms with Gasteiger partial charge in [0.1, 0.15) is 0 Å². The van der Waals surface area contributed by atoms with Crippen LogP contribution in [0.4, 0.5) is 0 Å². The molecule has 0 radical (unpaired) electrons. The monoisotopic (exact) mass is 470 g/mol. The number of benzene rings is 3. The van der Waals surface area contributed by atoms with Gasteiger partial charge in [0.2, 0.25) is 0 Å². The first-order valence-electron chi connectivity index (χ1n) is 13.2. The average molecular weight is 471 g/mol. The largest absolute Gasteiger partial charge is 0.0447 e. The lowest BCUT2D eigenvalue weighted by Gasteiger charge is -2.23. The Morgan fingerprint density at radius 2 is 0.314 bits per heavy atom. The Hall–Kier alpha value is -2.34. The molecule has 3 rings (SSSR count). The molecule has 0 N–H and O–H groups in total. The van der Waals surface area contributed by atoms with Gasteiger partial charge in [0.25, 0.3) is 0 Å². The fraction of sp³-hybridized carbons (Fsp3) is 0.486. The van der Waals surface area contributed by atoms with Crippen LogP contribution in [-0.4, -0.2) is 0 Å². The van der Waals surface area contributed by atoms with Crippen molar-refractivity contribution in [3.63, 3.8) is 0 Å². The number of hydrogen-bond donors (Lipinski definition) is 0. The van der Waals surface area contributed by atoms with E-state index in [1.807, 2.05) is 0 Å². The van der Waals surface area contributed by atoms with E-state index in [9.17, 15) is 0 Å². The summed E-state index contributed by atoms with van der Waals surface area (Å²) in [6, 6.07) is 0. The Kier molecular flexibility index (Phi) is 8.86. The predicted molar refractivity (Wildman–Crippen MR) is 158 cm³/mol. The van der Waals surface area contributed by atoms with Crippen LogP contribution < -0.4 is 0 Å². The van der Waals surface area contributed by atoms with Crippen LogP contribution in [0.1, 0.15) is 100 Å². The third-order valence-electron chi connectivity index (χ3n) is 10.0. The molecule has 0 amide bonds. The molecule has 0 aliphatic heterocycles. The predicted octanol–water partition coefficient (Wildman–Crippen LogP) is 9.90. The van der Waals surface area contributed by atoms with Gasteiger partial charge in [-0.25, -0.2) is 0 Å². The summed E-state index contributed by atoms with van der Waals surface area (Å²) in [6.45, 7) is 36.0. The van der Waals surface area contributed by atoms with Gasteiger partial charge in [-0.2, -0.15) is 0 Å². The lowest BCUT2D eigenvalue weighted by Crippen LogP contribution is -2.08. The first kappa shape index (κ1) is 28.9. The third kappa shape index (κ3) is 5.13. The fourth-order valence-corrected chi connectivity index (χ4v) is 5.55. The van der Waals surface area contributed by atoms with Crippen molar-refractivity contribution in [2.45, 2.75) is 117 Å². The van der Waals surface area contributed by atoms with E-state index in [0.717, 1.165) is 6.42 Å². The molecular weight excluding hydrogens is 420 g/mol. The topological polar surface area (TPSA) is 0 Å². The summed E-state index contributed by atoms with van der Waals surface area (Å²) in [5, 5.41) is 0. The van der Waals surface area contributed by atoms with Crippen molar-refractivity contribution in [2.75, 3.05) is 0 Å². The highest BCUT2D eigenvalue weighted by Gasteiger charge is 2.17. The molecule has 0 atom stereocenters. The van der Waals surface area contributed by atoms with Crippen molar-refractivity contribution in [3.05, 3.63) is 100 Å². The normalized spacial score (nSPS) is 11.0. The molecule has 0 aliphatic rings. The minimum absolute atomic E-state index is 1.05. The van der Waals surface area contributed by atoms with E-state index in [2.05, 4.69) is 111 Å². The molecule has 3 aromatic carbocycles. The SMILES string of the molecule is Cc1c(C)c(C)c(C)c(C)c1C.Cc1c(C)c(C)c(Cc2c(C)c(C)c(C)c(C)c2C)c(C)c1C. The lowest BCUT2D eigenvalue weighted by atomic mass is 9.82. The van der Waals surface area contributed by atoms with E-state index in [4.69, 9.17) is 0 Å². The summed E-state index contributed by atoms with van der Waals surface area (Å²) in [4.78, 5) is 0. The molecule has 0 saturated heterocycles. The van der Waals surface area contributed by atoms with Crippen LogP contribution in [0, 0.1) is 111 Å². The van der Waals surface area contributed by atoms with Gasteiger partial charge < -0.3 is 0 Å². The second-order valence-corrected chi connectivity index (χ2v) is 11.1. The van der Waals surface area contributed by atoms with Crippen LogP contribution in [0.2, 0.25) is 0 Å². The van der Waals surface area contributed by atoms with Crippen LogP contribution in [-0.2, 0) is 6.42 Å². The number of rotatable bonds is 2.